The predicted molar refractivity (Wildman–Crippen MR) is 110 cm³/mol. The zero-order valence-electron chi connectivity index (χ0n) is 16.4. The van der Waals surface area contributed by atoms with Crippen LogP contribution in [0.4, 0.5) is 9.18 Å². The Morgan fingerprint density at radius 3 is 2.40 bits per heavy atom. The average Bonchev–Trinajstić information content (AvgIpc) is 2.73. The largest absolute Gasteiger partial charge is 0.465 e. The monoisotopic (exact) mass is 436 g/mol. The van der Waals surface area contributed by atoms with Gasteiger partial charge in [0.1, 0.15) is 5.82 Å². The lowest BCUT2D eigenvalue weighted by atomic mass is 10.1. The van der Waals surface area contributed by atoms with E-state index in [1.807, 2.05) is 0 Å². The van der Waals surface area contributed by atoms with E-state index in [2.05, 4.69) is 5.32 Å². The van der Waals surface area contributed by atoms with Gasteiger partial charge in [0.2, 0.25) is 10.0 Å². The van der Waals surface area contributed by atoms with Crippen molar-refractivity contribution in [1.82, 2.24) is 9.62 Å². The predicted octanol–water partition coefficient (Wildman–Crippen LogP) is 3.15. The summed E-state index contributed by atoms with van der Waals surface area (Å²) >= 11 is 0. The van der Waals surface area contributed by atoms with Crippen LogP contribution in [0.5, 0.6) is 0 Å². The van der Waals surface area contributed by atoms with E-state index in [-0.39, 0.29) is 37.4 Å². The molecule has 7 nitrogen and oxygen atoms in total. The molecule has 0 saturated carbocycles. The maximum atomic E-state index is 13.7. The van der Waals surface area contributed by atoms with Gasteiger partial charge in [0, 0.05) is 18.7 Å². The van der Waals surface area contributed by atoms with Crippen molar-refractivity contribution in [3.63, 3.8) is 0 Å². The third kappa shape index (κ3) is 6.01. The number of carbonyl (C=O) groups is 1. The first-order valence-electron chi connectivity index (χ1n) is 9.72. The molecule has 0 bridgehead atoms. The fourth-order valence-corrected chi connectivity index (χ4v) is 5.15. The SMILES string of the molecule is O=C(O)NC(CS(=O)(=O)N1CCC(OCc2ccccc2F)CC1)c1ccccc1. The highest BCUT2D eigenvalue weighted by Crippen LogP contribution is 2.22. The molecule has 0 aromatic heterocycles. The molecule has 1 heterocycles. The van der Waals surface area contributed by atoms with Gasteiger partial charge in [-0.25, -0.2) is 21.9 Å². The van der Waals surface area contributed by atoms with Crippen molar-refractivity contribution >= 4 is 16.1 Å². The van der Waals surface area contributed by atoms with E-state index in [4.69, 9.17) is 9.84 Å². The summed E-state index contributed by atoms with van der Waals surface area (Å²) in [6.07, 6.45) is -0.441. The topological polar surface area (TPSA) is 95.9 Å². The smallest absolute Gasteiger partial charge is 0.405 e. The number of amides is 1. The normalized spacial score (nSPS) is 16.8. The number of carboxylic acid groups (broad SMARTS) is 1. The maximum Gasteiger partial charge on any atom is 0.405 e. The second-order valence-corrected chi connectivity index (χ2v) is 9.21. The van der Waals surface area contributed by atoms with Gasteiger partial charge in [-0.15, -0.1) is 0 Å². The molecule has 1 saturated heterocycles. The third-order valence-corrected chi connectivity index (χ3v) is 7.01. The number of ether oxygens (including phenoxy) is 1. The summed E-state index contributed by atoms with van der Waals surface area (Å²) < 4.78 is 46.6. The Morgan fingerprint density at radius 1 is 1.13 bits per heavy atom. The molecule has 1 aliphatic heterocycles. The number of rotatable bonds is 8. The Morgan fingerprint density at radius 2 is 1.77 bits per heavy atom. The van der Waals surface area contributed by atoms with Crippen LogP contribution >= 0.6 is 0 Å². The molecule has 1 unspecified atom stereocenters. The maximum absolute atomic E-state index is 13.7. The minimum absolute atomic E-state index is 0.142. The number of halogens is 1. The lowest BCUT2D eigenvalue weighted by molar-refractivity contribution is 0.00901. The lowest BCUT2D eigenvalue weighted by Crippen LogP contribution is -2.44. The van der Waals surface area contributed by atoms with Crippen molar-refractivity contribution in [2.45, 2.75) is 31.6 Å². The van der Waals surface area contributed by atoms with Crippen LogP contribution < -0.4 is 5.32 Å². The molecule has 1 amide bonds. The van der Waals surface area contributed by atoms with E-state index in [0.29, 0.717) is 24.0 Å². The summed E-state index contributed by atoms with van der Waals surface area (Å²) in [4.78, 5) is 11.1. The quantitative estimate of drug-likeness (QED) is 0.663. The van der Waals surface area contributed by atoms with E-state index < -0.39 is 22.2 Å². The Kier molecular flexibility index (Phi) is 7.41. The molecule has 0 aliphatic carbocycles. The highest BCUT2D eigenvalue weighted by molar-refractivity contribution is 7.89. The number of piperidine rings is 1. The Balaban J connectivity index is 1.56. The van der Waals surface area contributed by atoms with Gasteiger partial charge in [-0.3, -0.25) is 0 Å². The summed E-state index contributed by atoms with van der Waals surface area (Å²) in [5.74, 6) is -0.681. The summed E-state index contributed by atoms with van der Waals surface area (Å²) in [6.45, 7) is 0.695. The number of benzene rings is 2. The molecule has 2 aromatic carbocycles. The van der Waals surface area contributed by atoms with Crippen LogP contribution in [0.2, 0.25) is 0 Å². The number of hydrogen-bond donors (Lipinski definition) is 2. The van der Waals surface area contributed by atoms with Crippen LogP contribution in [0, 0.1) is 5.82 Å². The van der Waals surface area contributed by atoms with Crippen molar-refractivity contribution in [1.29, 1.82) is 0 Å². The first kappa shape index (κ1) is 22.2. The van der Waals surface area contributed by atoms with Crippen molar-refractivity contribution in [3.05, 3.63) is 71.5 Å². The summed E-state index contributed by atoms with van der Waals surface area (Å²) in [5.41, 5.74) is 1.06. The Hall–Kier alpha value is -2.49. The third-order valence-electron chi connectivity index (χ3n) is 5.10. The van der Waals surface area contributed by atoms with Crippen molar-refractivity contribution in [2.75, 3.05) is 18.8 Å². The van der Waals surface area contributed by atoms with E-state index in [0.717, 1.165) is 0 Å². The molecular weight excluding hydrogens is 411 g/mol. The van der Waals surface area contributed by atoms with Crippen molar-refractivity contribution < 1.29 is 27.4 Å². The van der Waals surface area contributed by atoms with Gasteiger partial charge < -0.3 is 15.2 Å². The summed E-state index contributed by atoms with van der Waals surface area (Å²) in [6, 6.07) is 14.2. The van der Waals surface area contributed by atoms with Gasteiger partial charge in [-0.1, -0.05) is 48.5 Å². The van der Waals surface area contributed by atoms with Gasteiger partial charge in [-0.2, -0.15) is 0 Å². The van der Waals surface area contributed by atoms with E-state index in [9.17, 15) is 17.6 Å². The zero-order chi connectivity index (χ0) is 21.6. The first-order valence-corrected chi connectivity index (χ1v) is 11.3. The second kappa shape index (κ2) is 10.0. The second-order valence-electron chi connectivity index (χ2n) is 7.19. The van der Waals surface area contributed by atoms with Crippen LogP contribution in [0.3, 0.4) is 0 Å². The van der Waals surface area contributed by atoms with Crippen LogP contribution in [-0.2, 0) is 21.4 Å². The van der Waals surface area contributed by atoms with E-state index in [1.165, 1.54) is 10.4 Å². The van der Waals surface area contributed by atoms with Gasteiger partial charge in [-0.05, 0) is 24.5 Å². The van der Waals surface area contributed by atoms with Crippen molar-refractivity contribution in [3.8, 4) is 0 Å². The fourth-order valence-electron chi connectivity index (χ4n) is 3.47. The minimum atomic E-state index is -3.68. The number of hydrogen-bond acceptors (Lipinski definition) is 4. The minimum Gasteiger partial charge on any atom is -0.465 e. The Labute approximate surface area is 175 Å². The lowest BCUT2D eigenvalue weighted by Gasteiger charge is -2.32. The number of sulfonamides is 1. The molecule has 162 valence electrons. The molecule has 30 heavy (non-hydrogen) atoms. The van der Waals surface area contributed by atoms with E-state index >= 15 is 0 Å². The number of nitrogens with zero attached hydrogens (tertiary/aromatic N) is 1. The summed E-state index contributed by atoms with van der Waals surface area (Å²) in [7, 11) is -3.68. The molecule has 2 N–H and O–H groups in total. The first-order chi connectivity index (χ1) is 14.3. The molecule has 9 heteroatoms. The molecule has 1 fully saturated rings. The van der Waals surface area contributed by atoms with Gasteiger partial charge in [0.25, 0.3) is 0 Å². The molecule has 0 radical (unpaired) electrons. The van der Waals surface area contributed by atoms with Crippen LogP contribution in [-0.4, -0.2) is 48.9 Å². The molecule has 1 atom stereocenters. The van der Waals surface area contributed by atoms with Gasteiger partial charge in [0.05, 0.1) is 24.5 Å². The molecule has 0 spiro atoms. The molecule has 2 aromatic rings. The highest BCUT2D eigenvalue weighted by atomic mass is 32.2. The highest BCUT2D eigenvalue weighted by Gasteiger charge is 2.31. The van der Waals surface area contributed by atoms with Crippen LogP contribution in [0.15, 0.2) is 54.6 Å². The summed E-state index contributed by atoms with van der Waals surface area (Å²) in [5, 5.41) is 11.4. The standard InChI is InChI=1S/C21H25FN2O5S/c22-19-9-5-4-8-17(19)14-29-18-10-12-24(13-11-18)30(27,28)15-20(23-21(25)26)16-6-2-1-3-7-16/h1-9,18,20,23H,10-15H2,(H,25,26). The average molecular weight is 437 g/mol. The fraction of sp³-hybridized carbons (Fsp3) is 0.381. The van der Waals surface area contributed by atoms with Crippen molar-refractivity contribution in [2.24, 2.45) is 0 Å². The van der Waals surface area contributed by atoms with E-state index in [1.54, 1.807) is 48.5 Å². The number of nitrogens with one attached hydrogen (secondary N) is 1. The molecule has 1 aliphatic rings. The molecule has 3 rings (SSSR count). The van der Waals surface area contributed by atoms with Gasteiger partial charge in [0.15, 0.2) is 0 Å². The Bertz CT molecular complexity index is 947. The molecular formula is C21H25FN2O5S. The zero-order valence-corrected chi connectivity index (χ0v) is 17.2. The van der Waals surface area contributed by atoms with Gasteiger partial charge >= 0.3 is 6.09 Å². The van der Waals surface area contributed by atoms with Crippen LogP contribution in [0.25, 0.3) is 0 Å². The van der Waals surface area contributed by atoms with Crippen LogP contribution in [0.1, 0.15) is 30.0 Å².